The molecule has 3 aromatic rings. The highest BCUT2D eigenvalue weighted by atomic mass is 16.7. The quantitative estimate of drug-likeness (QED) is 0.207. The highest BCUT2D eigenvalue weighted by Gasteiger charge is 2.44. The first-order valence-corrected chi connectivity index (χ1v) is 13.9. The molecule has 222 valence electrons. The first-order chi connectivity index (χ1) is 20.5. The molecule has 0 amide bonds. The van der Waals surface area contributed by atoms with E-state index in [0.717, 1.165) is 11.1 Å². The molecule has 0 saturated carbocycles. The molecule has 2 aliphatic carbocycles. The van der Waals surface area contributed by atoms with Crippen molar-refractivity contribution in [3.63, 3.8) is 0 Å². The van der Waals surface area contributed by atoms with Gasteiger partial charge in [-0.15, -0.1) is 0 Å². The summed E-state index contributed by atoms with van der Waals surface area (Å²) in [5.41, 5.74) is 2.96. The molecule has 3 aliphatic rings. The smallest absolute Gasteiger partial charge is 0.308 e. The zero-order valence-corrected chi connectivity index (χ0v) is 23.7. The van der Waals surface area contributed by atoms with Crippen LogP contribution in [0.5, 0.6) is 17.2 Å². The van der Waals surface area contributed by atoms with E-state index in [9.17, 15) is 34.8 Å². The fourth-order valence-electron chi connectivity index (χ4n) is 5.98. The Bertz CT molecular complexity index is 1720. The van der Waals surface area contributed by atoms with E-state index >= 15 is 0 Å². The third kappa shape index (κ3) is 4.72. The maximum absolute atomic E-state index is 14.3. The van der Waals surface area contributed by atoms with E-state index in [1.165, 1.54) is 39.0 Å². The molecular formula is C33H30O10. The second kappa shape index (κ2) is 10.7. The molecule has 5 atom stereocenters. The van der Waals surface area contributed by atoms with Crippen molar-refractivity contribution in [3.05, 3.63) is 87.0 Å². The number of esters is 1. The summed E-state index contributed by atoms with van der Waals surface area (Å²) in [6.07, 6.45) is -3.77. The summed E-state index contributed by atoms with van der Waals surface area (Å²) in [4.78, 5) is 40.2. The Labute approximate surface area is 246 Å². The number of hydrogen-bond acceptors (Lipinski definition) is 10. The molecule has 10 heteroatoms. The highest BCUT2D eigenvalue weighted by Crippen LogP contribution is 2.45. The van der Waals surface area contributed by atoms with Gasteiger partial charge >= 0.3 is 5.97 Å². The standard InChI is InChI=1S/C33H30O10/c1-14-23(43-33-32(40)31(39)28(36)15(2)41-33)13-21-26(27(14)35)29(37)20-10-11-22(42-16(3)34)24(25(20)30(21)38)19-9-8-17-6-4-5-7-18(17)12-19/h4-7,10-13,15,28,31-33,35-36,39-40H,8-9H2,1-3H3/t15-,28+,31+,32+,33-/m0/s1. The molecule has 0 radical (unpaired) electrons. The van der Waals surface area contributed by atoms with E-state index in [0.29, 0.717) is 24.0 Å². The number of phenolic OH excluding ortho intramolecular Hbond substituents is 1. The summed E-state index contributed by atoms with van der Waals surface area (Å²) in [6, 6.07) is 12.0. The Kier molecular flexibility index (Phi) is 7.18. The minimum Gasteiger partial charge on any atom is -0.507 e. The second-order valence-corrected chi connectivity index (χ2v) is 11.1. The maximum Gasteiger partial charge on any atom is 0.308 e. The fraction of sp³-hybridized carbons (Fsp3) is 0.303. The predicted octanol–water partition coefficient (Wildman–Crippen LogP) is 3.09. The normalized spacial score (nSPS) is 24.4. The molecule has 1 aliphatic heterocycles. The van der Waals surface area contributed by atoms with Crippen LogP contribution in [-0.2, 0) is 16.0 Å². The molecule has 10 nitrogen and oxygen atoms in total. The van der Waals surface area contributed by atoms with Crippen molar-refractivity contribution in [2.24, 2.45) is 0 Å². The molecule has 43 heavy (non-hydrogen) atoms. The highest BCUT2D eigenvalue weighted by molar-refractivity contribution is 6.31. The van der Waals surface area contributed by atoms with Gasteiger partial charge in [0, 0.05) is 34.7 Å². The number of hydrogen-bond donors (Lipinski definition) is 4. The number of aliphatic hydroxyl groups excluding tert-OH is 3. The van der Waals surface area contributed by atoms with Gasteiger partial charge in [0.1, 0.15) is 35.6 Å². The Morgan fingerprint density at radius 2 is 1.60 bits per heavy atom. The van der Waals surface area contributed by atoms with Crippen LogP contribution in [-0.4, -0.2) is 68.7 Å². The summed E-state index contributed by atoms with van der Waals surface area (Å²) < 4.78 is 16.9. The number of carbonyl (C=O) groups excluding carboxylic acids is 3. The topological polar surface area (TPSA) is 160 Å². The minimum atomic E-state index is -1.64. The molecular weight excluding hydrogens is 556 g/mol. The monoisotopic (exact) mass is 586 g/mol. The molecule has 1 heterocycles. The van der Waals surface area contributed by atoms with Crippen LogP contribution >= 0.6 is 0 Å². The summed E-state index contributed by atoms with van der Waals surface area (Å²) >= 11 is 0. The van der Waals surface area contributed by atoms with Crippen molar-refractivity contribution in [2.75, 3.05) is 0 Å². The maximum atomic E-state index is 14.3. The number of ether oxygens (including phenoxy) is 3. The van der Waals surface area contributed by atoms with Crippen LogP contribution in [0.3, 0.4) is 0 Å². The number of aliphatic hydroxyl groups is 3. The predicted molar refractivity (Wildman–Crippen MR) is 153 cm³/mol. The van der Waals surface area contributed by atoms with Crippen molar-refractivity contribution in [2.45, 2.75) is 64.3 Å². The van der Waals surface area contributed by atoms with E-state index in [-0.39, 0.29) is 39.3 Å². The zero-order chi connectivity index (χ0) is 30.7. The Morgan fingerprint density at radius 1 is 0.884 bits per heavy atom. The number of rotatable bonds is 4. The lowest BCUT2D eigenvalue weighted by Crippen LogP contribution is -2.58. The molecule has 0 spiro atoms. The first-order valence-electron chi connectivity index (χ1n) is 13.9. The first kappa shape index (κ1) is 28.8. The van der Waals surface area contributed by atoms with E-state index in [2.05, 4.69) is 0 Å². The van der Waals surface area contributed by atoms with Crippen LogP contribution in [0.2, 0.25) is 0 Å². The van der Waals surface area contributed by atoms with Crippen LogP contribution in [0.4, 0.5) is 0 Å². The molecule has 4 N–H and O–H groups in total. The van der Waals surface area contributed by atoms with Crippen molar-refractivity contribution in [1.29, 1.82) is 0 Å². The summed E-state index contributed by atoms with van der Waals surface area (Å²) in [5, 5.41) is 41.9. The molecule has 3 aromatic carbocycles. The van der Waals surface area contributed by atoms with Gasteiger partial charge in [0.25, 0.3) is 0 Å². The largest absolute Gasteiger partial charge is 0.507 e. The van der Waals surface area contributed by atoms with Crippen LogP contribution in [0.1, 0.15) is 74.4 Å². The Hall–Kier alpha value is -4.35. The van der Waals surface area contributed by atoms with Crippen LogP contribution in [0.25, 0.3) is 11.6 Å². The third-order valence-electron chi connectivity index (χ3n) is 8.29. The SMILES string of the molecule is CC(=O)Oc1ccc2c(c1C1=Cc3ccccc3CC1)C(=O)c1cc(O[C@@H]3O[C@@H](C)[C@@H](O)[C@@H](O)[C@H]3O)c(C)c(O)c1C2=O. The van der Waals surface area contributed by atoms with Crippen LogP contribution in [0.15, 0.2) is 42.5 Å². The number of aryl methyl sites for hydroxylation is 1. The zero-order valence-electron chi connectivity index (χ0n) is 23.7. The van der Waals surface area contributed by atoms with Crippen LogP contribution < -0.4 is 9.47 Å². The molecule has 0 unspecified atom stereocenters. The van der Waals surface area contributed by atoms with Gasteiger partial charge in [-0.2, -0.15) is 0 Å². The average Bonchev–Trinajstić information content (AvgIpc) is 2.99. The van der Waals surface area contributed by atoms with Crippen molar-refractivity contribution >= 4 is 29.2 Å². The number of benzene rings is 3. The summed E-state index contributed by atoms with van der Waals surface area (Å²) in [7, 11) is 0. The van der Waals surface area contributed by atoms with E-state index in [4.69, 9.17) is 14.2 Å². The minimum absolute atomic E-state index is 0.0391. The lowest BCUT2D eigenvalue weighted by Gasteiger charge is -2.39. The third-order valence-corrected chi connectivity index (χ3v) is 8.29. The second-order valence-electron chi connectivity index (χ2n) is 11.1. The Morgan fingerprint density at radius 3 is 2.35 bits per heavy atom. The van der Waals surface area contributed by atoms with Crippen molar-refractivity contribution < 1.29 is 49.0 Å². The molecule has 0 aromatic heterocycles. The summed E-state index contributed by atoms with van der Waals surface area (Å²) in [5.74, 6) is -2.19. The van der Waals surface area contributed by atoms with Gasteiger partial charge in [-0.05, 0) is 61.6 Å². The van der Waals surface area contributed by atoms with E-state index in [1.54, 1.807) is 0 Å². The number of phenols is 1. The van der Waals surface area contributed by atoms with E-state index < -0.39 is 54.0 Å². The Balaban J connectivity index is 1.49. The number of allylic oxidation sites excluding steroid dienone is 1. The van der Waals surface area contributed by atoms with Crippen LogP contribution in [0, 0.1) is 6.92 Å². The molecule has 0 bridgehead atoms. The van der Waals surface area contributed by atoms with Gasteiger partial charge in [-0.3, -0.25) is 14.4 Å². The van der Waals surface area contributed by atoms with Crippen molar-refractivity contribution in [3.8, 4) is 17.2 Å². The van der Waals surface area contributed by atoms with Gasteiger partial charge < -0.3 is 34.6 Å². The average molecular weight is 587 g/mol. The summed E-state index contributed by atoms with van der Waals surface area (Å²) in [6.45, 7) is 4.22. The molecule has 1 fully saturated rings. The number of fused-ring (bicyclic) bond motifs is 3. The molecule has 1 saturated heterocycles. The number of aromatic hydroxyl groups is 1. The fourth-order valence-corrected chi connectivity index (χ4v) is 5.98. The van der Waals surface area contributed by atoms with E-state index in [1.807, 2.05) is 30.3 Å². The van der Waals surface area contributed by atoms with Gasteiger partial charge in [-0.1, -0.05) is 30.3 Å². The van der Waals surface area contributed by atoms with Gasteiger partial charge in [-0.25, -0.2) is 0 Å². The molecule has 6 rings (SSSR count). The van der Waals surface area contributed by atoms with Gasteiger partial charge in [0.15, 0.2) is 11.6 Å². The van der Waals surface area contributed by atoms with Gasteiger partial charge in [0.05, 0.1) is 11.7 Å². The van der Waals surface area contributed by atoms with Gasteiger partial charge in [0.2, 0.25) is 6.29 Å². The lowest BCUT2D eigenvalue weighted by molar-refractivity contribution is -0.268. The van der Waals surface area contributed by atoms with Crippen molar-refractivity contribution in [1.82, 2.24) is 0 Å². The lowest BCUT2D eigenvalue weighted by atomic mass is 9.77. The number of ketones is 2. The number of carbonyl (C=O) groups is 3.